The summed E-state index contributed by atoms with van der Waals surface area (Å²) >= 11 is 1.96. The van der Waals surface area contributed by atoms with Crippen molar-refractivity contribution < 1.29 is 4.79 Å². The standard InChI is InChI=1S/C13H24N2OS.ClH/c1-2-11-3-6-15(7-4-11)13(16)9-12-10-17-8-5-14-12;/h11-12,14H,2-10H2,1H3;1H. The minimum Gasteiger partial charge on any atom is -0.343 e. The van der Waals surface area contributed by atoms with Gasteiger partial charge in [0, 0.05) is 43.6 Å². The molecule has 1 amide bonds. The number of amides is 1. The molecule has 0 aliphatic carbocycles. The molecule has 1 N–H and O–H groups in total. The number of thioether (sulfide) groups is 1. The van der Waals surface area contributed by atoms with Crippen molar-refractivity contribution in [3.8, 4) is 0 Å². The van der Waals surface area contributed by atoms with Crippen molar-refractivity contribution in [2.75, 3.05) is 31.1 Å². The number of hydrogen-bond acceptors (Lipinski definition) is 3. The molecular weight excluding hydrogens is 268 g/mol. The Labute approximate surface area is 121 Å². The van der Waals surface area contributed by atoms with Gasteiger partial charge >= 0.3 is 0 Å². The predicted octanol–water partition coefficient (Wildman–Crippen LogP) is 2.15. The number of hydrogen-bond donors (Lipinski definition) is 1. The lowest BCUT2D eigenvalue weighted by Crippen LogP contribution is -2.44. The number of nitrogens with one attached hydrogen (secondary N) is 1. The second kappa shape index (κ2) is 8.28. The van der Waals surface area contributed by atoms with Gasteiger partial charge < -0.3 is 10.2 Å². The molecule has 2 heterocycles. The molecule has 1 atom stereocenters. The maximum atomic E-state index is 12.1. The Kier molecular flexibility index (Phi) is 7.42. The van der Waals surface area contributed by atoms with Crippen molar-refractivity contribution in [2.24, 2.45) is 5.92 Å². The second-order valence-corrected chi connectivity index (χ2v) is 6.31. The lowest BCUT2D eigenvalue weighted by atomic mass is 9.94. The molecule has 0 bridgehead atoms. The van der Waals surface area contributed by atoms with Crippen molar-refractivity contribution in [3.05, 3.63) is 0 Å². The quantitative estimate of drug-likeness (QED) is 0.865. The highest BCUT2D eigenvalue weighted by atomic mass is 35.5. The fraction of sp³-hybridized carbons (Fsp3) is 0.923. The zero-order valence-electron chi connectivity index (χ0n) is 11.2. The molecule has 2 rings (SSSR count). The smallest absolute Gasteiger partial charge is 0.224 e. The van der Waals surface area contributed by atoms with Gasteiger partial charge in [0.25, 0.3) is 0 Å². The first-order valence-corrected chi connectivity index (χ1v) is 8.04. The van der Waals surface area contributed by atoms with E-state index >= 15 is 0 Å². The topological polar surface area (TPSA) is 32.3 Å². The van der Waals surface area contributed by atoms with Crippen LogP contribution in [0.5, 0.6) is 0 Å². The van der Waals surface area contributed by atoms with Gasteiger partial charge in [-0.25, -0.2) is 0 Å². The van der Waals surface area contributed by atoms with E-state index in [9.17, 15) is 4.79 Å². The van der Waals surface area contributed by atoms with E-state index in [1.165, 1.54) is 25.0 Å². The van der Waals surface area contributed by atoms with E-state index in [1.807, 2.05) is 11.8 Å². The van der Waals surface area contributed by atoms with E-state index in [-0.39, 0.29) is 12.4 Å². The molecule has 18 heavy (non-hydrogen) atoms. The molecule has 0 aromatic heterocycles. The van der Waals surface area contributed by atoms with Crippen molar-refractivity contribution in [1.29, 1.82) is 0 Å². The maximum absolute atomic E-state index is 12.1. The van der Waals surface area contributed by atoms with E-state index in [4.69, 9.17) is 0 Å². The third-order valence-electron chi connectivity index (χ3n) is 3.96. The molecule has 0 spiro atoms. The molecule has 5 heteroatoms. The van der Waals surface area contributed by atoms with Gasteiger partial charge in [0.15, 0.2) is 0 Å². The summed E-state index contributed by atoms with van der Waals surface area (Å²) in [5.41, 5.74) is 0. The number of carbonyl (C=O) groups is 1. The summed E-state index contributed by atoms with van der Waals surface area (Å²) in [6, 6.07) is 0.408. The number of carbonyl (C=O) groups excluding carboxylic acids is 1. The summed E-state index contributed by atoms with van der Waals surface area (Å²) in [7, 11) is 0. The third kappa shape index (κ3) is 4.63. The largest absolute Gasteiger partial charge is 0.343 e. The van der Waals surface area contributed by atoms with Crippen LogP contribution in [0.15, 0.2) is 0 Å². The van der Waals surface area contributed by atoms with Crippen molar-refractivity contribution in [2.45, 2.75) is 38.6 Å². The first-order chi connectivity index (χ1) is 8.29. The average Bonchev–Trinajstić information content (AvgIpc) is 2.40. The summed E-state index contributed by atoms with van der Waals surface area (Å²) in [4.78, 5) is 14.2. The fourth-order valence-corrected chi connectivity index (χ4v) is 3.63. The number of piperidine rings is 1. The summed E-state index contributed by atoms with van der Waals surface area (Å²) in [6.07, 6.45) is 4.37. The molecule has 0 saturated carbocycles. The molecule has 2 saturated heterocycles. The van der Waals surface area contributed by atoms with Gasteiger partial charge in [0.1, 0.15) is 0 Å². The van der Waals surface area contributed by atoms with Crippen LogP contribution in [0.4, 0.5) is 0 Å². The van der Waals surface area contributed by atoms with Crippen LogP contribution in [-0.4, -0.2) is 48.0 Å². The van der Waals surface area contributed by atoms with Crippen LogP contribution in [0.25, 0.3) is 0 Å². The van der Waals surface area contributed by atoms with Gasteiger partial charge in [-0.3, -0.25) is 4.79 Å². The molecule has 2 aliphatic heterocycles. The summed E-state index contributed by atoms with van der Waals surface area (Å²) in [5.74, 6) is 3.49. The molecule has 3 nitrogen and oxygen atoms in total. The van der Waals surface area contributed by atoms with Crippen LogP contribution in [0.2, 0.25) is 0 Å². The first-order valence-electron chi connectivity index (χ1n) is 6.88. The Morgan fingerprint density at radius 2 is 2.11 bits per heavy atom. The van der Waals surface area contributed by atoms with Crippen molar-refractivity contribution in [3.63, 3.8) is 0 Å². The van der Waals surface area contributed by atoms with Crippen LogP contribution in [-0.2, 0) is 4.79 Å². The Balaban J connectivity index is 0.00000162. The first kappa shape index (κ1) is 16.1. The highest BCUT2D eigenvalue weighted by molar-refractivity contribution is 7.99. The van der Waals surface area contributed by atoms with E-state index in [2.05, 4.69) is 17.1 Å². The zero-order valence-corrected chi connectivity index (χ0v) is 12.8. The Hall–Kier alpha value is 0.0700. The number of likely N-dealkylation sites (tertiary alicyclic amines) is 1. The van der Waals surface area contributed by atoms with Crippen LogP contribution >= 0.6 is 24.2 Å². The van der Waals surface area contributed by atoms with E-state index in [0.717, 1.165) is 31.3 Å². The Morgan fingerprint density at radius 1 is 1.39 bits per heavy atom. The molecule has 0 radical (unpaired) electrons. The summed E-state index contributed by atoms with van der Waals surface area (Å²) in [5, 5.41) is 3.44. The van der Waals surface area contributed by atoms with Gasteiger partial charge in [0.2, 0.25) is 5.91 Å². The van der Waals surface area contributed by atoms with E-state index < -0.39 is 0 Å². The number of rotatable bonds is 3. The average molecular weight is 293 g/mol. The SMILES string of the molecule is CCC1CCN(C(=O)CC2CSCCN2)CC1.Cl. The van der Waals surface area contributed by atoms with E-state index in [1.54, 1.807) is 0 Å². The normalized spacial score (nSPS) is 25.6. The van der Waals surface area contributed by atoms with Crippen LogP contribution < -0.4 is 5.32 Å². The fourth-order valence-electron chi connectivity index (χ4n) is 2.68. The lowest BCUT2D eigenvalue weighted by Gasteiger charge is -2.33. The third-order valence-corrected chi connectivity index (χ3v) is 5.09. The number of nitrogens with zero attached hydrogens (tertiary/aromatic N) is 1. The molecule has 1 unspecified atom stereocenters. The van der Waals surface area contributed by atoms with Gasteiger partial charge in [-0.05, 0) is 18.8 Å². The highest BCUT2D eigenvalue weighted by Gasteiger charge is 2.24. The molecule has 106 valence electrons. The Bertz CT molecular complexity index is 251. The molecule has 2 fully saturated rings. The van der Waals surface area contributed by atoms with Gasteiger partial charge in [-0.2, -0.15) is 11.8 Å². The maximum Gasteiger partial charge on any atom is 0.224 e. The minimum absolute atomic E-state index is 0. The van der Waals surface area contributed by atoms with Gasteiger partial charge in [-0.1, -0.05) is 13.3 Å². The number of halogens is 1. The van der Waals surface area contributed by atoms with Crippen molar-refractivity contribution >= 4 is 30.1 Å². The molecule has 0 aromatic rings. The summed E-state index contributed by atoms with van der Waals surface area (Å²) < 4.78 is 0. The molecule has 0 aromatic carbocycles. The molecular formula is C13H25ClN2OS. The van der Waals surface area contributed by atoms with Crippen LogP contribution in [0.1, 0.15) is 32.6 Å². The minimum atomic E-state index is 0. The van der Waals surface area contributed by atoms with Crippen LogP contribution in [0, 0.1) is 5.92 Å². The monoisotopic (exact) mass is 292 g/mol. The van der Waals surface area contributed by atoms with Gasteiger partial charge in [-0.15, -0.1) is 12.4 Å². The predicted molar refractivity (Wildman–Crippen MR) is 80.6 cm³/mol. The molecule has 2 aliphatic rings. The van der Waals surface area contributed by atoms with Crippen molar-refractivity contribution in [1.82, 2.24) is 10.2 Å². The zero-order chi connectivity index (χ0) is 12.1. The Morgan fingerprint density at radius 3 is 2.67 bits per heavy atom. The summed E-state index contributed by atoms with van der Waals surface area (Å²) in [6.45, 7) is 5.28. The van der Waals surface area contributed by atoms with Gasteiger partial charge in [0.05, 0.1) is 0 Å². The highest BCUT2D eigenvalue weighted by Crippen LogP contribution is 2.21. The van der Waals surface area contributed by atoms with E-state index in [0.29, 0.717) is 18.4 Å². The second-order valence-electron chi connectivity index (χ2n) is 5.16. The van der Waals surface area contributed by atoms with Crippen LogP contribution in [0.3, 0.4) is 0 Å². The lowest BCUT2D eigenvalue weighted by molar-refractivity contribution is -0.133.